The Hall–Kier alpha value is -0.640. The van der Waals surface area contributed by atoms with Gasteiger partial charge in [0.1, 0.15) is 0 Å². The molecule has 1 aromatic heterocycles. The van der Waals surface area contributed by atoms with E-state index >= 15 is 0 Å². The summed E-state index contributed by atoms with van der Waals surface area (Å²) < 4.78 is 5.59. The van der Waals surface area contributed by atoms with Gasteiger partial charge in [-0.2, -0.15) is 0 Å². The Morgan fingerprint density at radius 3 is 3.06 bits per heavy atom. The van der Waals surface area contributed by atoms with Gasteiger partial charge in [0, 0.05) is 22.3 Å². The summed E-state index contributed by atoms with van der Waals surface area (Å²) >= 11 is 1.89. The largest absolute Gasteiger partial charge is 0.373 e. The highest BCUT2D eigenvalue weighted by molar-refractivity contribution is 7.12. The van der Waals surface area contributed by atoms with Gasteiger partial charge in [-0.3, -0.25) is 0 Å². The molecule has 0 saturated heterocycles. The summed E-state index contributed by atoms with van der Waals surface area (Å²) in [5.74, 6) is 0. The number of nitrogens with one attached hydrogen (secondary N) is 1. The Morgan fingerprint density at radius 2 is 2.35 bits per heavy atom. The first-order valence-electron chi connectivity index (χ1n) is 6.30. The minimum atomic E-state index is 0.710. The lowest BCUT2D eigenvalue weighted by Gasteiger charge is -2.00. The van der Waals surface area contributed by atoms with E-state index in [-0.39, 0.29) is 0 Å². The van der Waals surface area contributed by atoms with Gasteiger partial charge in [0.05, 0.1) is 13.2 Å². The maximum absolute atomic E-state index is 5.59. The third-order valence-corrected chi connectivity index (χ3v) is 4.01. The van der Waals surface area contributed by atoms with Gasteiger partial charge in [-0.15, -0.1) is 11.3 Å². The van der Waals surface area contributed by atoms with Crippen molar-refractivity contribution in [2.45, 2.75) is 45.9 Å². The standard InChI is InChI=1S/C14H21NOS/c1-3-4-7-16-10-12-8-14(17-11(12)2)9-15-13-5-6-13/h3-4,8,13,15H,5-7,9-10H2,1-2H3/b4-3+. The second kappa shape index (κ2) is 6.34. The highest BCUT2D eigenvalue weighted by Crippen LogP contribution is 2.24. The fraction of sp³-hybridized carbons (Fsp3) is 0.571. The predicted molar refractivity (Wildman–Crippen MR) is 73.4 cm³/mol. The van der Waals surface area contributed by atoms with E-state index in [1.54, 1.807) is 0 Å². The highest BCUT2D eigenvalue weighted by Gasteiger charge is 2.20. The van der Waals surface area contributed by atoms with Gasteiger partial charge in [-0.25, -0.2) is 0 Å². The molecule has 1 aliphatic rings. The Balaban J connectivity index is 1.79. The van der Waals surface area contributed by atoms with Crippen LogP contribution in [0.4, 0.5) is 0 Å². The van der Waals surface area contributed by atoms with Crippen LogP contribution in [0.15, 0.2) is 18.2 Å². The van der Waals surface area contributed by atoms with Gasteiger partial charge in [0.15, 0.2) is 0 Å². The van der Waals surface area contributed by atoms with Crippen molar-refractivity contribution in [1.29, 1.82) is 0 Å². The van der Waals surface area contributed by atoms with Crippen LogP contribution in [-0.4, -0.2) is 12.6 Å². The summed E-state index contributed by atoms with van der Waals surface area (Å²) in [4.78, 5) is 2.82. The molecule has 0 atom stereocenters. The van der Waals surface area contributed by atoms with Crippen molar-refractivity contribution in [3.05, 3.63) is 33.5 Å². The van der Waals surface area contributed by atoms with E-state index in [4.69, 9.17) is 4.74 Å². The molecule has 1 saturated carbocycles. The SMILES string of the molecule is C/C=C/COCc1cc(CNC2CC2)sc1C. The Kier molecular flexibility index (Phi) is 4.77. The summed E-state index contributed by atoms with van der Waals surface area (Å²) in [6.45, 7) is 6.66. The van der Waals surface area contributed by atoms with E-state index in [9.17, 15) is 0 Å². The van der Waals surface area contributed by atoms with Crippen LogP contribution < -0.4 is 5.32 Å². The third-order valence-electron chi connectivity index (χ3n) is 2.92. The van der Waals surface area contributed by atoms with Gasteiger partial charge in [0.2, 0.25) is 0 Å². The molecule has 3 heteroatoms. The first-order valence-corrected chi connectivity index (χ1v) is 7.11. The zero-order valence-electron chi connectivity index (χ0n) is 10.7. The van der Waals surface area contributed by atoms with E-state index in [1.807, 2.05) is 30.4 Å². The molecule has 1 heterocycles. The lowest BCUT2D eigenvalue weighted by molar-refractivity contribution is 0.148. The van der Waals surface area contributed by atoms with Crippen molar-refractivity contribution in [3.63, 3.8) is 0 Å². The van der Waals surface area contributed by atoms with Crippen LogP contribution in [0.1, 0.15) is 35.1 Å². The molecule has 2 nitrogen and oxygen atoms in total. The van der Waals surface area contributed by atoms with Crippen LogP contribution in [0.5, 0.6) is 0 Å². The zero-order chi connectivity index (χ0) is 12.1. The first kappa shape index (κ1) is 12.8. The van der Waals surface area contributed by atoms with Gasteiger partial charge >= 0.3 is 0 Å². The molecular weight excluding hydrogens is 230 g/mol. The third kappa shape index (κ3) is 4.26. The number of aryl methyl sites for hydroxylation is 1. The Labute approximate surface area is 108 Å². The van der Waals surface area contributed by atoms with Gasteiger partial charge in [-0.05, 0) is 38.3 Å². The van der Waals surface area contributed by atoms with Gasteiger partial charge < -0.3 is 10.1 Å². The molecule has 1 N–H and O–H groups in total. The topological polar surface area (TPSA) is 21.3 Å². The molecule has 0 bridgehead atoms. The van der Waals surface area contributed by atoms with E-state index in [0.29, 0.717) is 6.61 Å². The van der Waals surface area contributed by atoms with E-state index < -0.39 is 0 Å². The average molecular weight is 251 g/mol. The van der Waals surface area contributed by atoms with Crippen LogP contribution in [0.2, 0.25) is 0 Å². The molecule has 1 aromatic rings. The fourth-order valence-corrected chi connectivity index (χ4v) is 2.68. The summed E-state index contributed by atoms with van der Waals surface area (Å²) in [6, 6.07) is 3.07. The second-order valence-corrected chi connectivity index (χ2v) is 5.87. The fourth-order valence-electron chi connectivity index (χ4n) is 1.68. The Morgan fingerprint density at radius 1 is 1.53 bits per heavy atom. The van der Waals surface area contributed by atoms with Crippen LogP contribution >= 0.6 is 11.3 Å². The molecule has 1 aliphatic carbocycles. The lowest BCUT2D eigenvalue weighted by Crippen LogP contribution is -2.14. The van der Waals surface area contributed by atoms with Crippen molar-refractivity contribution in [2.24, 2.45) is 0 Å². The van der Waals surface area contributed by atoms with Gasteiger partial charge in [0.25, 0.3) is 0 Å². The normalized spacial score (nSPS) is 15.9. The van der Waals surface area contributed by atoms with Crippen LogP contribution in [0.3, 0.4) is 0 Å². The summed E-state index contributed by atoms with van der Waals surface area (Å²) in [5, 5.41) is 3.55. The highest BCUT2D eigenvalue weighted by atomic mass is 32.1. The Bertz CT molecular complexity index is 380. The number of rotatable bonds is 7. The second-order valence-electron chi connectivity index (χ2n) is 4.53. The van der Waals surface area contributed by atoms with Crippen molar-refractivity contribution < 1.29 is 4.74 Å². The first-order chi connectivity index (χ1) is 8.29. The van der Waals surface area contributed by atoms with Gasteiger partial charge in [-0.1, -0.05) is 12.2 Å². The minimum Gasteiger partial charge on any atom is -0.373 e. The monoisotopic (exact) mass is 251 g/mol. The summed E-state index contributed by atoms with van der Waals surface area (Å²) in [7, 11) is 0. The average Bonchev–Trinajstić information content (AvgIpc) is 3.08. The van der Waals surface area contributed by atoms with Crippen molar-refractivity contribution in [1.82, 2.24) is 5.32 Å². The molecule has 0 aliphatic heterocycles. The molecule has 0 spiro atoms. The number of allylic oxidation sites excluding steroid dienone is 1. The van der Waals surface area contributed by atoms with Crippen LogP contribution in [0, 0.1) is 6.92 Å². The molecule has 0 amide bonds. The molecule has 0 radical (unpaired) electrons. The molecular formula is C14H21NOS. The number of thiophene rings is 1. The lowest BCUT2D eigenvalue weighted by atomic mass is 10.2. The zero-order valence-corrected chi connectivity index (χ0v) is 11.5. The van der Waals surface area contributed by atoms with Crippen molar-refractivity contribution in [2.75, 3.05) is 6.61 Å². The maximum atomic E-state index is 5.59. The predicted octanol–water partition coefficient (Wildman–Crippen LogP) is 3.40. The molecule has 94 valence electrons. The molecule has 2 rings (SSSR count). The number of hydrogen-bond donors (Lipinski definition) is 1. The van der Waals surface area contributed by atoms with Crippen LogP contribution in [0.25, 0.3) is 0 Å². The minimum absolute atomic E-state index is 0.710. The molecule has 0 unspecified atom stereocenters. The van der Waals surface area contributed by atoms with Crippen LogP contribution in [-0.2, 0) is 17.9 Å². The van der Waals surface area contributed by atoms with Crippen molar-refractivity contribution in [3.8, 4) is 0 Å². The number of ether oxygens (including phenoxy) is 1. The van der Waals surface area contributed by atoms with E-state index in [2.05, 4.69) is 18.3 Å². The summed E-state index contributed by atoms with van der Waals surface area (Å²) in [6.07, 6.45) is 6.76. The summed E-state index contributed by atoms with van der Waals surface area (Å²) in [5.41, 5.74) is 1.34. The number of hydrogen-bond acceptors (Lipinski definition) is 3. The molecule has 0 aromatic carbocycles. The van der Waals surface area contributed by atoms with E-state index in [0.717, 1.165) is 19.2 Å². The van der Waals surface area contributed by atoms with E-state index in [1.165, 1.54) is 28.2 Å². The van der Waals surface area contributed by atoms with Crippen molar-refractivity contribution >= 4 is 11.3 Å². The molecule has 17 heavy (non-hydrogen) atoms. The molecule has 1 fully saturated rings. The smallest absolute Gasteiger partial charge is 0.0731 e. The quantitative estimate of drug-likeness (QED) is 0.592. The maximum Gasteiger partial charge on any atom is 0.0731 e.